The predicted molar refractivity (Wildman–Crippen MR) is 129 cm³/mol. The molecule has 0 unspecified atom stereocenters. The van der Waals surface area contributed by atoms with Gasteiger partial charge >= 0.3 is 0 Å². The fraction of sp³-hybridized carbons (Fsp3) is 0.520. The van der Waals surface area contributed by atoms with Gasteiger partial charge in [-0.2, -0.15) is 0 Å². The normalized spacial score (nSPS) is 23.4. The molecule has 3 N–H and O–H groups in total. The number of ether oxygens (including phenoxy) is 1. The maximum Gasteiger partial charge on any atom is 0.220 e. The van der Waals surface area contributed by atoms with Crippen LogP contribution in [-0.2, 0) is 9.53 Å². The molecule has 1 saturated carbocycles. The van der Waals surface area contributed by atoms with Gasteiger partial charge in [-0.25, -0.2) is 4.98 Å². The highest BCUT2D eigenvalue weighted by Crippen LogP contribution is 2.26. The molecule has 33 heavy (non-hydrogen) atoms. The zero-order chi connectivity index (χ0) is 23.2. The van der Waals surface area contributed by atoms with E-state index in [2.05, 4.69) is 28.9 Å². The Balaban J connectivity index is 1.55. The Kier molecular flexibility index (Phi) is 7.54. The quantitative estimate of drug-likeness (QED) is 0.614. The van der Waals surface area contributed by atoms with Crippen LogP contribution in [0.5, 0.6) is 0 Å². The van der Waals surface area contributed by atoms with Crippen LogP contribution in [0.2, 0.25) is 0 Å². The largest absolute Gasteiger partial charge is 0.378 e. The minimum atomic E-state index is -0.192. The van der Waals surface area contributed by atoms with Gasteiger partial charge in [0.2, 0.25) is 5.91 Å². The lowest BCUT2D eigenvalue weighted by Crippen LogP contribution is -2.38. The van der Waals surface area contributed by atoms with Crippen LogP contribution < -0.4 is 21.8 Å². The van der Waals surface area contributed by atoms with Crippen molar-refractivity contribution in [2.24, 2.45) is 21.6 Å². The first-order valence-electron chi connectivity index (χ1n) is 11.9. The minimum Gasteiger partial charge on any atom is -0.378 e. The summed E-state index contributed by atoms with van der Waals surface area (Å²) in [4.78, 5) is 28.1. The van der Waals surface area contributed by atoms with E-state index in [1.165, 1.54) is 0 Å². The third-order valence-corrected chi connectivity index (χ3v) is 6.57. The van der Waals surface area contributed by atoms with E-state index in [1.807, 2.05) is 19.1 Å². The number of amides is 1. The Hall–Kier alpha value is -3.00. The molecule has 2 aliphatic heterocycles. The number of fused-ring (bicyclic) bond motifs is 1. The van der Waals surface area contributed by atoms with Crippen LogP contribution in [-0.4, -0.2) is 61.2 Å². The summed E-state index contributed by atoms with van der Waals surface area (Å²) in [6.45, 7) is 10.8. The number of anilines is 1. The number of aromatic nitrogens is 1. The third-order valence-electron chi connectivity index (χ3n) is 6.57. The summed E-state index contributed by atoms with van der Waals surface area (Å²) in [5.41, 5.74) is 8.33. The Morgan fingerprint density at radius 2 is 1.91 bits per heavy atom. The molecule has 0 atom stereocenters. The topological polar surface area (TPSA) is 105 Å². The molecule has 1 saturated heterocycles. The Morgan fingerprint density at radius 1 is 1.18 bits per heavy atom. The first-order valence-corrected chi connectivity index (χ1v) is 11.9. The van der Waals surface area contributed by atoms with Crippen LogP contribution in [0, 0.1) is 5.92 Å². The van der Waals surface area contributed by atoms with Crippen molar-refractivity contribution >= 4 is 17.3 Å². The molecule has 1 aromatic heterocycles. The van der Waals surface area contributed by atoms with E-state index in [4.69, 9.17) is 25.4 Å². The van der Waals surface area contributed by atoms with Gasteiger partial charge in [-0.15, -0.1) is 0 Å². The van der Waals surface area contributed by atoms with Crippen LogP contribution in [0.4, 0.5) is 5.82 Å². The highest BCUT2D eigenvalue weighted by Gasteiger charge is 2.25. The van der Waals surface area contributed by atoms with Crippen molar-refractivity contribution < 1.29 is 9.53 Å². The van der Waals surface area contributed by atoms with Gasteiger partial charge in [0.1, 0.15) is 5.36 Å². The Morgan fingerprint density at radius 3 is 2.61 bits per heavy atom. The molecule has 2 fully saturated rings. The van der Waals surface area contributed by atoms with Crippen LogP contribution in [0.1, 0.15) is 38.3 Å². The van der Waals surface area contributed by atoms with E-state index in [0.29, 0.717) is 13.1 Å². The minimum absolute atomic E-state index is 0.0183. The number of pyridine rings is 1. The highest BCUT2D eigenvalue weighted by molar-refractivity contribution is 5.76. The number of rotatable bonds is 7. The average molecular weight is 451 g/mol. The van der Waals surface area contributed by atoms with Crippen molar-refractivity contribution in [3.05, 3.63) is 53.0 Å². The lowest BCUT2D eigenvalue weighted by molar-refractivity contribution is -0.122. The molecule has 176 valence electrons. The summed E-state index contributed by atoms with van der Waals surface area (Å²) < 4.78 is 5.43. The van der Waals surface area contributed by atoms with Gasteiger partial charge in [-0.3, -0.25) is 14.8 Å². The summed E-state index contributed by atoms with van der Waals surface area (Å²) in [6.07, 6.45) is 9.56. The van der Waals surface area contributed by atoms with Gasteiger partial charge in [0, 0.05) is 30.7 Å². The third kappa shape index (κ3) is 5.68. The zero-order valence-corrected chi connectivity index (χ0v) is 19.4. The van der Waals surface area contributed by atoms with E-state index in [0.717, 1.165) is 85.5 Å². The number of morpholine rings is 1. The second-order valence-corrected chi connectivity index (χ2v) is 8.75. The molecular formula is C25H34N6O2. The van der Waals surface area contributed by atoms with Crippen molar-refractivity contribution in [2.45, 2.75) is 38.6 Å². The van der Waals surface area contributed by atoms with E-state index < -0.39 is 0 Å². The van der Waals surface area contributed by atoms with E-state index in [-0.39, 0.29) is 17.9 Å². The van der Waals surface area contributed by atoms with Gasteiger partial charge in [-0.1, -0.05) is 18.7 Å². The first kappa shape index (κ1) is 23.2. The number of nitrogens with two attached hydrogens (primary N) is 1. The monoisotopic (exact) mass is 450 g/mol. The van der Waals surface area contributed by atoms with Gasteiger partial charge in [0.05, 0.1) is 37.4 Å². The number of nitrogens with zero attached hydrogens (tertiary/aromatic N) is 4. The lowest BCUT2D eigenvalue weighted by Gasteiger charge is -2.29. The smallest absolute Gasteiger partial charge is 0.220 e. The number of primary amides is 1. The van der Waals surface area contributed by atoms with Crippen LogP contribution in [0.15, 0.2) is 46.6 Å². The van der Waals surface area contributed by atoms with Crippen molar-refractivity contribution in [1.82, 2.24) is 9.88 Å². The molecule has 3 aliphatic rings. The van der Waals surface area contributed by atoms with Crippen molar-refractivity contribution in [1.29, 1.82) is 0 Å². The molecule has 0 bridgehead atoms. The van der Waals surface area contributed by atoms with Gasteiger partial charge < -0.3 is 20.7 Å². The number of allylic oxidation sites excluding steroid dienone is 4. The SMILES string of the molecule is C=C(/C=C\C(=C/C)c1cc2c(c(N[C@H]3CC[C@@H](C(N)=O)CC3)n1)=NCCN=2)N1CCOCC1. The summed E-state index contributed by atoms with van der Waals surface area (Å²) in [5.74, 6) is 0.562. The maximum atomic E-state index is 11.5. The second kappa shape index (κ2) is 10.7. The molecule has 8 heteroatoms. The molecule has 3 heterocycles. The lowest BCUT2D eigenvalue weighted by atomic mass is 9.85. The number of carbonyl (C=O) groups excluding carboxylic acids is 1. The van der Waals surface area contributed by atoms with Crippen LogP contribution in [0.25, 0.3) is 5.57 Å². The van der Waals surface area contributed by atoms with Crippen LogP contribution in [0.3, 0.4) is 0 Å². The van der Waals surface area contributed by atoms with Crippen molar-refractivity contribution in [2.75, 3.05) is 44.7 Å². The van der Waals surface area contributed by atoms with Crippen molar-refractivity contribution in [3.8, 4) is 0 Å². The van der Waals surface area contributed by atoms with Gasteiger partial charge in [0.25, 0.3) is 0 Å². The summed E-state index contributed by atoms with van der Waals surface area (Å²) in [7, 11) is 0. The number of hydrogen-bond acceptors (Lipinski definition) is 7. The molecule has 0 spiro atoms. The molecule has 8 nitrogen and oxygen atoms in total. The first-order chi connectivity index (χ1) is 16.0. The van der Waals surface area contributed by atoms with E-state index in [1.54, 1.807) is 0 Å². The predicted octanol–water partition coefficient (Wildman–Crippen LogP) is 1.60. The zero-order valence-electron chi connectivity index (χ0n) is 19.4. The Bertz CT molecular complexity index is 1060. The van der Waals surface area contributed by atoms with E-state index in [9.17, 15) is 4.79 Å². The number of nitrogens with one attached hydrogen (secondary N) is 1. The molecular weight excluding hydrogens is 416 g/mol. The maximum absolute atomic E-state index is 11.5. The average Bonchev–Trinajstić information content (AvgIpc) is 2.85. The summed E-state index contributed by atoms with van der Waals surface area (Å²) in [6, 6.07) is 2.26. The summed E-state index contributed by atoms with van der Waals surface area (Å²) in [5, 5.41) is 5.30. The molecule has 1 amide bonds. The van der Waals surface area contributed by atoms with Crippen molar-refractivity contribution in [3.63, 3.8) is 0 Å². The van der Waals surface area contributed by atoms with E-state index >= 15 is 0 Å². The Labute approximate surface area is 195 Å². The molecule has 4 rings (SSSR count). The van der Waals surface area contributed by atoms with Crippen LogP contribution >= 0.6 is 0 Å². The standard InChI is InChI=1S/C25H34N6O2/c1-3-18(5-4-17(2)31-12-14-33-15-13-31)21-16-22-23(28-11-10-27-22)25(30-21)29-20-8-6-19(7-9-20)24(26)32/h3-5,16,19-20H,2,6-15H2,1H3,(H2,26,32)(H,29,30)/b5-4-,18-3+/t19-,20+. The van der Waals surface area contributed by atoms with Gasteiger partial charge in [-0.05, 0) is 50.3 Å². The van der Waals surface area contributed by atoms with Gasteiger partial charge in [0.15, 0.2) is 5.82 Å². The molecule has 0 aromatic carbocycles. The number of carbonyl (C=O) groups is 1. The molecule has 1 aliphatic carbocycles. The fourth-order valence-corrected chi connectivity index (χ4v) is 4.57. The fourth-order valence-electron chi connectivity index (χ4n) is 4.57. The molecule has 1 aromatic rings. The second-order valence-electron chi connectivity index (χ2n) is 8.75. The highest BCUT2D eigenvalue weighted by atomic mass is 16.5. The molecule has 0 radical (unpaired) electrons. The number of hydrogen-bond donors (Lipinski definition) is 2. The summed E-state index contributed by atoms with van der Waals surface area (Å²) >= 11 is 0.